The molecule has 0 aromatic heterocycles. The van der Waals surface area contributed by atoms with Crippen molar-refractivity contribution in [2.75, 3.05) is 12.4 Å². The third-order valence-corrected chi connectivity index (χ3v) is 2.97. The van der Waals surface area contributed by atoms with Crippen molar-refractivity contribution in [3.8, 4) is 17.2 Å². The molecular weight excluding hydrogens is 365 g/mol. The zero-order valence-electron chi connectivity index (χ0n) is 13.1. The molecule has 0 radical (unpaired) electrons. The lowest BCUT2D eigenvalue weighted by Gasteiger charge is -2.12. The summed E-state index contributed by atoms with van der Waals surface area (Å²) in [6, 6.07) is 8.14. The van der Waals surface area contributed by atoms with Gasteiger partial charge in [0.05, 0.1) is 7.11 Å². The normalized spacial score (nSPS) is 11.2. The molecule has 140 valence electrons. The second-order valence-corrected chi connectivity index (χ2v) is 4.77. The zero-order chi connectivity index (χ0) is 19.3. The SMILES string of the molecule is COc1cc(C(=O)Nc2cccc(OC(F)(F)F)c2)ccc1OC(F)F. The largest absolute Gasteiger partial charge is 0.573 e. The van der Waals surface area contributed by atoms with E-state index in [4.69, 9.17) is 4.74 Å². The third-order valence-electron chi connectivity index (χ3n) is 2.97. The molecule has 0 saturated carbocycles. The summed E-state index contributed by atoms with van der Waals surface area (Å²) in [6.07, 6.45) is -4.86. The second kappa shape index (κ2) is 7.89. The van der Waals surface area contributed by atoms with Gasteiger partial charge in [-0.1, -0.05) is 6.07 Å². The number of halogens is 5. The van der Waals surface area contributed by atoms with Crippen LogP contribution in [0.2, 0.25) is 0 Å². The van der Waals surface area contributed by atoms with E-state index in [9.17, 15) is 26.7 Å². The Kier molecular flexibility index (Phi) is 5.86. The lowest BCUT2D eigenvalue weighted by Crippen LogP contribution is -2.17. The highest BCUT2D eigenvalue weighted by Gasteiger charge is 2.31. The van der Waals surface area contributed by atoms with Gasteiger partial charge in [0.15, 0.2) is 11.5 Å². The van der Waals surface area contributed by atoms with Gasteiger partial charge in [0.1, 0.15) is 5.75 Å². The minimum atomic E-state index is -4.86. The minimum Gasteiger partial charge on any atom is -0.493 e. The zero-order valence-corrected chi connectivity index (χ0v) is 13.1. The van der Waals surface area contributed by atoms with Gasteiger partial charge in [-0.05, 0) is 30.3 Å². The van der Waals surface area contributed by atoms with Gasteiger partial charge in [-0.15, -0.1) is 13.2 Å². The smallest absolute Gasteiger partial charge is 0.493 e. The van der Waals surface area contributed by atoms with E-state index in [1.165, 1.54) is 25.3 Å². The number of benzene rings is 2. The quantitative estimate of drug-likeness (QED) is 0.756. The monoisotopic (exact) mass is 377 g/mol. The molecule has 0 aliphatic carbocycles. The van der Waals surface area contributed by atoms with Crippen LogP contribution >= 0.6 is 0 Å². The number of alkyl halides is 5. The Morgan fingerprint density at radius 3 is 2.42 bits per heavy atom. The van der Waals surface area contributed by atoms with Crippen molar-refractivity contribution >= 4 is 11.6 Å². The van der Waals surface area contributed by atoms with Crippen LogP contribution in [-0.4, -0.2) is 26.0 Å². The highest BCUT2D eigenvalue weighted by molar-refractivity contribution is 6.04. The Morgan fingerprint density at radius 1 is 1.08 bits per heavy atom. The molecule has 0 aliphatic heterocycles. The average Bonchev–Trinajstić information content (AvgIpc) is 2.53. The van der Waals surface area contributed by atoms with Crippen molar-refractivity contribution in [2.45, 2.75) is 13.0 Å². The lowest BCUT2D eigenvalue weighted by molar-refractivity contribution is -0.274. The van der Waals surface area contributed by atoms with Gasteiger partial charge < -0.3 is 19.5 Å². The maximum atomic E-state index is 12.3. The Labute approximate surface area is 144 Å². The van der Waals surface area contributed by atoms with Gasteiger partial charge in [0.25, 0.3) is 5.91 Å². The van der Waals surface area contributed by atoms with Gasteiger partial charge in [-0.25, -0.2) is 0 Å². The van der Waals surface area contributed by atoms with Crippen molar-refractivity contribution in [1.82, 2.24) is 0 Å². The fraction of sp³-hybridized carbons (Fsp3) is 0.188. The molecule has 2 rings (SSSR count). The van der Waals surface area contributed by atoms with E-state index in [2.05, 4.69) is 14.8 Å². The van der Waals surface area contributed by atoms with Crippen molar-refractivity contribution in [2.24, 2.45) is 0 Å². The maximum Gasteiger partial charge on any atom is 0.573 e. The molecule has 10 heteroatoms. The fourth-order valence-corrected chi connectivity index (χ4v) is 1.98. The predicted octanol–water partition coefficient (Wildman–Crippen LogP) is 4.45. The van der Waals surface area contributed by atoms with Crippen LogP contribution in [0.5, 0.6) is 17.2 Å². The maximum absolute atomic E-state index is 12.3. The number of hydrogen-bond donors (Lipinski definition) is 1. The van der Waals surface area contributed by atoms with E-state index < -0.39 is 24.6 Å². The standard InChI is InChI=1S/C16H12F5NO4/c1-24-13-7-9(5-6-12(13)25-15(17)18)14(23)22-10-3-2-4-11(8-10)26-16(19,20)21/h2-8,15H,1H3,(H,22,23). The number of anilines is 1. The summed E-state index contributed by atoms with van der Waals surface area (Å²) in [7, 11) is 1.20. The van der Waals surface area contributed by atoms with Crippen LogP contribution in [0.3, 0.4) is 0 Å². The summed E-state index contributed by atoms with van der Waals surface area (Å²) in [5.74, 6) is -1.57. The fourth-order valence-electron chi connectivity index (χ4n) is 1.98. The first-order chi connectivity index (χ1) is 12.2. The van der Waals surface area contributed by atoms with Crippen LogP contribution in [0.1, 0.15) is 10.4 Å². The van der Waals surface area contributed by atoms with Gasteiger partial charge in [-0.3, -0.25) is 4.79 Å². The molecule has 0 atom stereocenters. The van der Waals surface area contributed by atoms with Crippen molar-refractivity contribution in [3.05, 3.63) is 48.0 Å². The predicted molar refractivity (Wildman–Crippen MR) is 80.7 cm³/mol. The number of carbonyl (C=O) groups excluding carboxylic acids is 1. The molecule has 2 aromatic carbocycles. The highest BCUT2D eigenvalue weighted by atomic mass is 19.4. The summed E-state index contributed by atoms with van der Waals surface area (Å²) in [6.45, 7) is -3.07. The van der Waals surface area contributed by atoms with Gasteiger partial charge in [0.2, 0.25) is 0 Å². The van der Waals surface area contributed by atoms with E-state index >= 15 is 0 Å². The first-order valence-electron chi connectivity index (χ1n) is 6.98. The van der Waals surface area contributed by atoms with Crippen LogP contribution in [0, 0.1) is 0 Å². The Hall–Kier alpha value is -3.04. The van der Waals surface area contributed by atoms with E-state index in [1.54, 1.807) is 0 Å². The first-order valence-corrected chi connectivity index (χ1v) is 6.98. The summed E-state index contributed by atoms with van der Waals surface area (Å²) in [4.78, 5) is 12.2. The Bertz CT molecular complexity index is 779. The minimum absolute atomic E-state index is 0.0191. The van der Waals surface area contributed by atoms with Crippen LogP contribution in [0.4, 0.5) is 27.6 Å². The first kappa shape index (κ1) is 19.3. The third kappa shape index (κ3) is 5.50. The molecule has 0 unspecified atom stereocenters. The van der Waals surface area contributed by atoms with Gasteiger partial charge in [0, 0.05) is 17.3 Å². The lowest BCUT2D eigenvalue weighted by atomic mass is 10.2. The molecule has 1 amide bonds. The van der Waals surface area contributed by atoms with Crippen molar-refractivity contribution in [1.29, 1.82) is 0 Å². The van der Waals surface area contributed by atoms with E-state index in [0.717, 1.165) is 24.3 Å². The van der Waals surface area contributed by atoms with Crippen LogP contribution in [0.25, 0.3) is 0 Å². The molecule has 5 nitrogen and oxygen atoms in total. The van der Waals surface area contributed by atoms with Gasteiger partial charge in [-0.2, -0.15) is 8.78 Å². The summed E-state index contributed by atoms with van der Waals surface area (Å²) < 4.78 is 74.1. The molecule has 0 heterocycles. The number of amides is 1. The van der Waals surface area contributed by atoms with Crippen LogP contribution < -0.4 is 19.5 Å². The van der Waals surface area contributed by atoms with Gasteiger partial charge >= 0.3 is 13.0 Å². The molecule has 0 fully saturated rings. The van der Waals surface area contributed by atoms with Crippen LogP contribution in [0.15, 0.2) is 42.5 Å². The number of nitrogens with one attached hydrogen (secondary N) is 1. The molecular formula is C16H12F5NO4. The summed E-state index contributed by atoms with van der Waals surface area (Å²) >= 11 is 0. The second-order valence-electron chi connectivity index (χ2n) is 4.77. The molecule has 0 saturated heterocycles. The van der Waals surface area contributed by atoms with Crippen molar-refractivity contribution in [3.63, 3.8) is 0 Å². The van der Waals surface area contributed by atoms with Crippen LogP contribution in [-0.2, 0) is 0 Å². The highest BCUT2D eigenvalue weighted by Crippen LogP contribution is 2.30. The molecule has 0 aliphatic rings. The van der Waals surface area contributed by atoms with E-state index in [1.807, 2.05) is 0 Å². The molecule has 0 bridgehead atoms. The van der Waals surface area contributed by atoms with E-state index in [0.29, 0.717) is 0 Å². The summed E-state index contributed by atoms with van der Waals surface area (Å²) in [5.41, 5.74) is 0.0641. The number of carbonyl (C=O) groups is 1. The van der Waals surface area contributed by atoms with E-state index in [-0.39, 0.29) is 22.7 Å². The van der Waals surface area contributed by atoms with Crippen molar-refractivity contribution < 1.29 is 41.0 Å². The number of hydrogen-bond acceptors (Lipinski definition) is 4. The Balaban J connectivity index is 2.16. The number of rotatable bonds is 6. The molecule has 26 heavy (non-hydrogen) atoms. The number of ether oxygens (including phenoxy) is 3. The Morgan fingerprint density at radius 2 is 1.81 bits per heavy atom. The molecule has 0 spiro atoms. The number of methoxy groups -OCH3 is 1. The topological polar surface area (TPSA) is 56.8 Å². The average molecular weight is 377 g/mol. The molecule has 1 N–H and O–H groups in total. The molecule has 2 aromatic rings. The summed E-state index contributed by atoms with van der Waals surface area (Å²) in [5, 5.41) is 2.37.